The minimum atomic E-state index is 0.205. The van der Waals surface area contributed by atoms with Gasteiger partial charge in [0.15, 0.2) is 0 Å². The number of hydrogen-bond acceptors (Lipinski definition) is 4. The molecule has 0 aromatic carbocycles. The summed E-state index contributed by atoms with van der Waals surface area (Å²) in [5, 5.41) is 0.268. The maximum absolute atomic E-state index is 5.82. The third-order valence-electron chi connectivity index (χ3n) is 2.58. The molecule has 0 aliphatic carbocycles. The fourth-order valence-corrected chi connectivity index (χ4v) is 2.28. The second-order valence-corrected chi connectivity index (χ2v) is 5.15. The third-order valence-corrected chi connectivity index (χ3v) is 3.32. The number of ether oxygens (including phenoxy) is 1. The third kappa shape index (κ3) is 2.47. The molecule has 2 rings (SSSR count). The predicted molar refractivity (Wildman–Crippen MR) is 67.0 cm³/mol. The minimum absolute atomic E-state index is 0.205. The Labute approximate surface area is 108 Å². The van der Waals surface area contributed by atoms with Crippen LogP contribution in [0.15, 0.2) is 10.7 Å². The van der Waals surface area contributed by atoms with E-state index < -0.39 is 0 Å². The molecule has 0 radical (unpaired) electrons. The second-order valence-electron chi connectivity index (χ2n) is 3.96. The lowest BCUT2D eigenvalue weighted by atomic mass is 10.2. The van der Waals surface area contributed by atoms with Gasteiger partial charge in [-0.05, 0) is 41.4 Å². The molecular formula is C10H13BrClN3O. The lowest BCUT2D eigenvalue weighted by molar-refractivity contribution is 0.0340. The topological polar surface area (TPSA) is 38.2 Å². The van der Waals surface area contributed by atoms with Crippen LogP contribution in [0.2, 0.25) is 5.28 Å². The highest BCUT2D eigenvalue weighted by molar-refractivity contribution is 9.10. The molecular weight excluding hydrogens is 293 g/mol. The van der Waals surface area contributed by atoms with Crippen LogP contribution in [0, 0.1) is 0 Å². The summed E-state index contributed by atoms with van der Waals surface area (Å²) in [4.78, 5) is 10.4. The number of rotatable bonds is 1. The SMILES string of the molecule is CC1CN(c2nc(Cl)ncc2Br)C(C)CO1. The Morgan fingerprint density at radius 3 is 3.06 bits per heavy atom. The van der Waals surface area contributed by atoms with Crippen molar-refractivity contribution in [2.75, 3.05) is 18.1 Å². The highest BCUT2D eigenvalue weighted by Gasteiger charge is 2.26. The molecule has 4 nitrogen and oxygen atoms in total. The number of anilines is 1. The molecule has 2 unspecified atom stereocenters. The summed E-state index contributed by atoms with van der Waals surface area (Å²) in [6.07, 6.45) is 1.88. The van der Waals surface area contributed by atoms with Gasteiger partial charge < -0.3 is 9.64 Å². The van der Waals surface area contributed by atoms with Crippen LogP contribution in [-0.2, 0) is 4.74 Å². The number of aromatic nitrogens is 2. The van der Waals surface area contributed by atoms with Crippen molar-refractivity contribution in [2.24, 2.45) is 0 Å². The van der Waals surface area contributed by atoms with Gasteiger partial charge in [0.25, 0.3) is 0 Å². The molecule has 1 aliphatic heterocycles. The van der Waals surface area contributed by atoms with Crippen molar-refractivity contribution in [3.05, 3.63) is 16.0 Å². The quantitative estimate of drug-likeness (QED) is 0.747. The van der Waals surface area contributed by atoms with E-state index in [1.165, 1.54) is 0 Å². The lowest BCUT2D eigenvalue weighted by Gasteiger charge is -2.37. The summed E-state index contributed by atoms with van der Waals surface area (Å²) in [5.74, 6) is 0.836. The van der Waals surface area contributed by atoms with E-state index in [2.05, 4.69) is 44.6 Å². The van der Waals surface area contributed by atoms with Crippen molar-refractivity contribution in [1.29, 1.82) is 0 Å². The van der Waals surface area contributed by atoms with E-state index in [-0.39, 0.29) is 11.4 Å². The largest absolute Gasteiger partial charge is 0.375 e. The lowest BCUT2D eigenvalue weighted by Crippen LogP contribution is -2.48. The van der Waals surface area contributed by atoms with E-state index in [9.17, 15) is 0 Å². The summed E-state index contributed by atoms with van der Waals surface area (Å²) in [6, 6.07) is 0.290. The molecule has 1 fully saturated rings. The van der Waals surface area contributed by atoms with Crippen LogP contribution in [0.5, 0.6) is 0 Å². The van der Waals surface area contributed by atoms with E-state index >= 15 is 0 Å². The van der Waals surface area contributed by atoms with Gasteiger partial charge in [-0.1, -0.05) is 0 Å². The zero-order valence-electron chi connectivity index (χ0n) is 9.15. The van der Waals surface area contributed by atoms with Gasteiger partial charge in [-0.2, -0.15) is 4.98 Å². The summed E-state index contributed by atoms with van der Waals surface area (Å²) in [5.41, 5.74) is 0. The molecule has 16 heavy (non-hydrogen) atoms. The van der Waals surface area contributed by atoms with E-state index in [4.69, 9.17) is 16.3 Å². The van der Waals surface area contributed by atoms with Crippen LogP contribution in [0.1, 0.15) is 13.8 Å². The van der Waals surface area contributed by atoms with Crippen LogP contribution in [0.3, 0.4) is 0 Å². The standard InChI is InChI=1S/C10H13BrClN3O/c1-6-5-16-7(2)4-15(6)9-8(11)3-13-10(12)14-9/h3,6-7H,4-5H2,1-2H3. The molecule has 0 saturated carbocycles. The predicted octanol–water partition coefficient (Wildman–Crippen LogP) is 2.51. The Balaban J connectivity index is 2.30. The summed E-state index contributed by atoms with van der Waals surface area (Å²) in [7, 11) is 0. The second kappa shape index (κ2) is 4.85. The fraction of sp³-hybridized carbons (Fsp3) is 0.600. The van der Waals surface area contributed by atoms with Crippen LogP contribution < -0.4 is 4.90 Å². The summed E-state index contributed by atoms with van der Waals surface area (Å²) in [6.45, 7) is 5.67. The smallest absolute Gasteiger partial charge is 0.224 e. The molecule has 2 heterocycles. The van der Waals surface area contributed by atoms with Crippen molar-refractivity contribution in [2.45, 2.75) is 26.0 Å². The van der Waals surface area contributed by atoms with Crippen molar-refractivity contribution in [1.82, 2.24) is 9.97 Å². The number of hydrogen-bond donors (Lipinski definition) is 0. The van der Waals surface area contributed by atoms with E-state index in [0.717, 1.165) is 16.8 Å². The highest BCUT2D eigenvalue weighted by Crippen LogP contribution is 2.28. The molecule has 1 saturated heterocycles. The van der Waals surface area contributed by atoms with E-state index in [1.54, 1.807) is 6.20 Å². The Morgan fingerprint density at radius 1 is 1.56 bits per heavy atom. The minimum Gasteiger partial charge on any atom is -0.375 e. The molecule has 1 aromatic rings. The van der Waals surface area contributed by atoms with Gasteiger partial charge in [-0.15, -0.1) is 0 Å². The molecule has 1 aromatic heterocycles. The molecule has 0 N–H and O–H groups in total. The first kappa shape index (κ1) is 12.1. The van der Waals surface area contributed by atoms with Gasteiger partial charge >= 0.3 is 0 Å². The van der Waals surface area contributed by atoms with Gasteiger partial charge in [0.2, 0.25) is 5.28 Å². The Bertz CT molecular complexity index is 390. The molecule has 6 heteroatoms. The first-order valence-corrected chi connectivity index (χ1v) is 6.31. The first-order valence-electron chi connectivity index (χ1n) is 5.14. The highest BCUT2D eigenvalue weighted by atomic mass is 79.9. The number of morpholine rings is 1. The number of nitrogens with zero attached hydrogens (tertiary/aromatic N) is 3. The average Bonchev–Trinajstić information content (AvgIpc) is 2.25. The van der Waals surface area contributed by atoms with Gasteiger partial charge in [-0.25, -0.2) is 4.98 Å². The maximum Gasteiger partial charge on any atom is 0.224 e. The first-order chi connectivity index (χ1) is 7.58. The zero-order valence-corrected chi connectivity index (χ0v) is 11.5. The molecule has 0 amide bonds. The fourth-order valence-electron chi connectivity index (χ4n) is 1.74. The van der Waals surface area contributed by atoms with Crippen molar-refractivity contribution < 1.29 is 4.74 Å². The Hall–Kier alpha value is -0.390. The number of halogens is 2. The molecule has 1 aliphatic rings. The summed E-state index contributed by atoms with van der Waals surface area (Å²) >= 11 is 9.27. The van der Waals surface area contributed by atoms with Crippen LogP contribution in [-0.4, -0.2) is 35.3 Å². The van der Waals surface area contributed by atoms with E-state index in [1.807, 2.05) is 0 Å². The van der Waals surface area contributed by atoms with Crippen LogP contribution >= 0.6 is 27.5 Å². The monoisotopic (exact) mass is 305 g/mol. The van der Waals surface area contributed by atoms with Crippen molar-refractivity contribution in [3.63, 3.8) is 0 Å². The van der Waals surface area contributed by atoms with Gasteiger partial charge in [0.05, 0.1) is 23.2 Å². The van der Waals surface area contributed by atoms with Crippen molar-refractivity contribution in [3.8, 4) is 0 Å². The maximum atomic E-state index is 5.82. The van der Waals surface area contributed by atoms with Crippen molar-refractivity contribution >= 4 is 33.3 Å². The van der Waals surface area contributed by atoms with Gasteiger partial charge in [0, 0.05) is 12.7 Å². The van der Waals surface area contributed by atoms with Crippen LogP contribution in [0.25, 0.3) is 0 Å². The molecule has 0 spiro atoms. The summed E-state index contributed by atoms with van der Waals surface area (Å²) < 4.78 is 6.44. The molecule has 88 valence electrons. The Kier molecular flexibility index (Phi) is 3.66. The Morgan fingerprint density at radius 2 is 2.31 bits per heavy atom. The van der Waals surface area contributed by atoms with E-state index in [0.29, 0.717) is 12.6 Å². The van der Waals surface area contributed by atoms with Gasteiger partial charge in [-0.3, -0.25) is 0 Å². The molecule has 0 bridgehead atoms. The normalized spacial score (nSPS) is 25.9. The molecule has 2 atom stereocenters. The zero-order chi connectivity index (χ0) is 11.7. The average molecular weight is 307 g/mol. The van der Waals surface area contributed by atoms with Crippen LogP contribution in [0.4, 0.5) is 5.82 Å². The van der Waals surface area contributed by atoms with Gasteiger partial charge in [0.1, 0.15) is 5.82 Å².